The van der Waals surface area contributed by atoms with Crippen molar-refractivity contribution in [2.75, 3.05) is 20.2 Å². The molecule has 1 unspecified atom stereocenters. The van der Waals surface area contributed by atoms with E-state index >= 15 is 0 Å². The molecule has 2 amide bonds. The van der Waals surface area contributed by atoms with Crippen molar-refractivity contribution in [3.8, 4) is 28.7 Å². The number of amides is 2. The van der Waals surface area contributed by atoms with Crippen LogP contribution in [0.2, 0.25) is 0 Å². The van der Waals surface area contributed by atoms with Gasteiger partial charge in [0.25, 0.3) is 12.3 Å². The van der Waals surface area contributed by atoms with Gasteiger partial charge in [-0.15, -0.1) is 0 Å². The van der Waals surface area contributed by atoms with Crippen molar-refractivity contribution < 1.29 is 27.5 Å². The molecule has 0 bridgehead atoms. The summed E-state index contributed by atoms with van der Waals surface area (Å²) in [5.74, 6) is 5.86. The largest absolute Gasteiger partial charge is 0.494 e. The highest BCUT2D eigenvalue weighted by Gasteiger charge is 2.41. The Morgan fingerprint density at radius 2 is 2.00 bits per heavy atom. The van der Waals surface area contributed by atoms with E-state index in [0.29, 0.717) is 11.1 Å². The minimum atomic E-state index is -2.86. The van der Waals surface area contributed by atoms with Gasteiger partial charge in [0.1, 0.15) is 17.1 Å². The number of methoxy groups -OCH3 is 1. The molecule has 13 heteroatoms. The van der Waals surface area contributed by atoms with E-state index in [9.17, 15) is 22.8 Å². The maximum atomic E-state index is 13.9. The van der Waals surface area contributed by atoms with Crippen molar-refractivity contribution in [2.45, 2.75) is 43.7 Å². The Bertz CT molecular complexity index is 1400. The molecule has 2 aromatic rings. The van der Waals surface area contributed by atoms with Gasteiger partial charge in [0.2, 0.25) is 5.91 Å². The first-order valence-electron chi connectivity index (χ1n) is 12.2. The molecule has 9 nitrogen and oxygen atoms in total. The fourth-order valence-corrected chi connectivity index (χ4v) is 4.84. The number of aromatic nitrogens is 2. The molecule has 2 N–H and O–H groups in total. The van der Waals surface area contributed by atoms with E-state index < -0.39 is 23.7 Å². The molecule has 5 rings (SSSR count). The number of amidine groups is 1. The van der Waals surface area contributed by atoms with Gasteiger partial charge in [0.05, 0.1) is 44.1 Å². The number of thioether (sulfide) groups is 1. The van der Waals surface area contributed by atoms with Gasteiger partial charge in [-0.2, -0.15) is 5.10 Å². The molecular weight excluding hydrogens is 533 g/mol. The quantitative estimate of drug-likeness (QED) is 0.524. The number of hydrogen-bond acceptors (Lipinski definition) is 8. The highest BCUT2D eigenvalue weighted by atomic mass is 32.2. The standard InChI is InChI=1S/C26H25F3N6O3S/c1-26(29)12-35(13-26)22(36)8-15-7-16(17-9-19(23(27)28)31-11-20(17)38-2)18(10-30-15)24(37)32-25-34-33-21(39-25)6-5-14-3-4-14/h7,9-11,14,21,23,33H,3-4,8,12-13H2,1-2H3,(H,32,34,37). The topological polar surface area (TPSA) is 109 Å². The molecule has 3 aliphatic rings. The summed E-state index contributed by atoms with van der Waals surface area (Å²) in [6, 6.07) is 2.61. The van der Waals surface area contributed by atoms with Crippen molar-refractivity contribution in [1.29, 1.82) is 0 Å². The molecule has 2 aliphatic heterocycles. The van der Waals surface area contributed by atoms with E-state index in [1.165, 1.54) is 43.0 Å². The van der Waals surface area contributed by atoms with Crippen molar-refractivity contribution in [3.05, 3.63) is 41.5 Å². The van der Waals surface area contributed by atoms with Crippen LogP contribution in [0.15, 0.2) is 29.6 Å². The summed E-state index contributed by atoms with van der Waals surface area (Å²) < 4.78 is 46.3. The zero-order valence-corrected chi connectivity index (χ0v) is 21.9. The lowest BCUT2D eigenvalue weighted by Gasteiger charge is -2.42. The second-order valence-electron chi connectivity index (χ2n) is 9.73. The Hall–Kier alpha value is -3.79. The van der Waals surface area contributed by atoms with Crippen LogP contribution >= 0.6 is 11.8 Å². The van der Waals surface area contributed by atoms with Crippen molar-refractivity contribution >= 4 is 28.7 Å². The van der Waals surface area contributed by atoms with Crippen LogP contribution in [0.5, 0.6) is 5.75 Å². The minimum absolute atomic E-state index is 0.0189. The summed E-state index contributed by atoms with van der Waals surface area (Å²) in [4.78, 5) is 35.4. The lowest BCUT2D eigenvalue weighted by atomic mass is 9.96. The third-order valence-electron chi connectivity index (χ3n) is 6.28. The van der Waals surface area contributed by atoms with Crippen LogP contribution in [-0.4, -0.2) is 63.1 Å². The Kier molecular flexibility index (Phi) is 7.40. The number of halogens is 3. The molecule has 204 valence electrons. The van der Waals surface area contributed by atoms with Gasteiger partial charge in [-0.05, 0) is 43.7 Å². The van der Waals surface area contributed by atoms with Crippen molar-refractivity contribution in [3.63, 3.8) is 0 Å². The summed E-state index contributed by atoms with van der Waals surface area (Å²) >= 11 is 1.24. The molecule has 1 aliphatic carbocycles. The number of nitrogens with one attached hydrogen (secondary N) is 2. The van der Waals surface area contributed by atoms with Crippen molar-refractivity contribution in [1.82, 2.24) is 25.6 Å². The number of nitrogens with zero attached hydrogens (tertiary/aromatic N) is 4. The Balaban J connectivity index is 1.42. The maximum absolute atomic E-state index is 13.9. The van der Waals surface area contributed by atoms with Crippen LogP contribution in [0.3, 0.4) is 0 Å². The van der Waals surface area contributed by atoms with Crippen LogP contribution in [0.4, 0.5) is 13.2 Å². The molecule has 39 heavy (non-hydrogen) atoms. The molecular formula is C26H25F3N6O3S. The summed E-state index contributed by atoms with van der Waals surface area (Å²) in [6.45, 7) is 1.38. The fraction of sp³-hybridized carbons (Fsp3) is 0.423. The first-order valence-corrected chi connectivity index (χ1v) is 13.1. The number of ether oxygens (including phenoxy) is 1. The molecule has 2 fully saturated rings. The maximum Gasteiger partial charge on any atom is 0.280 e. The predicted molar refractivity (Wildman–Crippen MR) is 139 cm³/mol. The van der Waals surface area contributed by atoms with Gasteiger partial charge >= 0.3 is 0 Å². The van der Waals surface area contributed by atoms with Gasteiger partial charge in [-0.3, -0.25) is 30.3 Å². The van der Waals surface area contributed by atoms with Crippen LogP contribution in [0, 0.1) is 17.8 Å². The zero-order valence-electron chi connectivity index (χ0n) is 21.1. The molecule has 1 saturated carbocycles. The van der Waals surface area contributed by atoms with E-state index in [2.05, 4.69) is 37.7 Å². The Morgan fingerprint density at radius 3 is 2.67 bits per heavy atom. The molecule has 1 saturated heterocycles. The number of alkyl halides is 3. The minimum Gasteiger partial charge on any atom is -0.494 e. The zero-order chi connectivity index (χ0) is 27.7. The number of rotatable bonds is 6. The smallest absolute Gasteiger partial charge is 0.280 e. The summed E-state index contributed by atoms with van der Waals surface area (Å²) in [7, 11) is 1.35. The normalized spacial score (nSPS) is 19.4. The van der Waals surface area contributed by atoms with Gasteiger partial charge in [0.15, 0.2) is 10.5 Å². The molecule has 0 spiro atoms. The number of hydrogen-bond donors (Lipinski definition) is 2. The average molecular weight is 559 g/mol. The first kappa shape index (κ1) is 26.8. The highest BCUT2D eigenvalue weighted by molar-refractivity contribution is 8.14. The fourth-order valence-electron chi connectivity index (χ4n) is 4.13. The van der Waals surface area contributed by atoms with E-state index in [1.54, 1.807) is 0 Å². The van der Waals surface area contributed by atoms with Crippen LogP contribution < -0.4 is 15.5 Å². The molecule has 0 radical (unpaired) electrons. The monoisotopic (exact) mass is 558 g/mol. The van der Waals surface area contributed by atoms with Crippen molar-refractivity contribution in [2.24, 2.45) is 11.0 Å². The van der Waals surface area contributed by atoms with Crippen LogP contribution in [0.1, 0.15) is 47.9 Å². The predicted octanol–water partition coefficient (Wildman–Crippen LogP) is 3.28. The van der Waals surface area contributed by atoms with Gasteiger partial charge in [0, 0.05) is 23.2 Å². The Morgan fingerprint density at radius 1 is 1.23 bits per heavy atom. The van der Waals surface area contributed by atoms with Crippen LogP contribution in [0.25, 0.3) is 11.1 Å². The van der Waals surface area contributed by atoms with Crippen LogP contribution in [-0.2, 0) is 11.2 Å². The summed E-state index contributed by atoms with van der Waals surface area (Å²) in [5, 5.41) is 6.82. The molecule has 0 aromatic carbocycles. The lowest BCUT2D eigenvalue weighted by molar-refractivity contribution is -0.143. The summed E-state index contributed by atoms with van der Waals surface area (Å²) in [5.41, 5.74) is 1.64. The second-order valence-corrected chi connectivity index (χ2v) is 10.8. The second kappa shape index (κ2) is 10.8. The third kappa shape index (κ3) is 6.27. The van der Waals surface area contributed by atoms with Gasteiger partial charge < -0.3 is 9.64 Å². The molecule has 1 atom stereocenters. The number of likely N-dealkylation sites (tertiary alicyclic amines) is 1. The third-order valence-corrected chi connectivity index (χ3v) is 7.16. The van der Waals surface area contributed by atoms with Gasteiger partial charge in [-0.25, -0.2) is 13.2 Å². The van der Waals surface area contributed by atoms with E-state index in [0.717, 1.165) is 25.1 Å². The lowest BCUT2D eigenvalue weighted by Crippen LogP contribution is -2.59. The number of hydrazone groups is 1. The SMILES string of the molecule is COc1cnc(C(F)F)cc1-c1cc(CC(=O)N2CC(C)(F)C2)ncc1C(=O)NC1=NNC(C#CC2CC2)S1. The molecule has 4 heterocycles. The Labute approximate surface area is 227 Å². The summed E-state index contributed by atoms with van der Waals surface area (Å²) in [6.07, 6.45) is 1.57. The first-order chi connectivity index (χ1) is 18.6. The number of pyridine rings is 2. The van der Waals surface area contributed by atoms with Gasteiger partial charge in [-0.1, -0.05) is 11.8 Å². The average Bonchev–Trinajstić information content (AvgIpc) is 3.62. The number of carbonyl (C=O) groups excluding carboxylic acids is 2. The highest BCUT2D eigenvalue weighted by Crippen LogP contribution is 2.35. The van der Waals surface area contributed by atoms with E-state index in [1.807, 2.05) is 0 Å². The van der Waals surface area contributed by atoms with E-state index in [-0.39, 0.29) is 58.9 Å². The number of carbonyl (C=O) groups is 2. The molecule has 2 aromatic heterocycles. The van der Waals surface area contributed by atoms with E-state index in [4.69, 9.17) is 4.74 Å².